The lowest BCUT2D eigenvalue weighted by Gasteiger charge is -2.30. The van der Waals surface area contributed by atoms with Crippen molar-refractivity contribution in [3.63, 3.8) is 0 Å². The molecule has 3 aromatic heterocycles. The van der Waals surface area contributed by atoms with E-state index in [9.17, 15) is 9.59 Å². The van der Waals surface area contributed by atoms with E-state index in [0.717, 1.165) is 55.6 Å². The van der Waals surface area contributed by atoms with E-state index in [0.29, 0.717) is 47.2 Å². The molecule has 1 aromatic carbocycles. The summed E-state index contributed by atoms with van der Waals surface area (Å²) in [6.45, 7) is 9.28. The number of aromatic nitrogens is 2. The Balaban J connectivity index is 1.20. The Bertz CT molecular complexity index is 1890. The van der Waals surface area contributed by atoms with Gasteiger partial charge in [0, 0.05) is 36.4 Å². The summed E-state index contributed by atoms with van der Waals surface area (Å²) < 4.78 is 16.9. The molecule has 3 aliphatic rings. The van der Waals surface area contributed by atoms with E-state index in [2.05, 4.69) is 42.2 Å². The molecule has 1 fully saturated rings. The third-order valence-electron chi connectivity index (χ3n) is 10.1. The average molecular weight is 640 g/mol. The fraction of sp³-hybridized carbons (Fsp3) is 0.432. The SMILES string of the molecule is CCc1c(-c2cc(Nc3ccc(C4CCN(C)CC4)cn3)c(=O)n(C)c2)cc(F)cc1N1CCc2c(sc3c2CC(C)(C)C3)C1=O. The molecule has 7 nitrogen and oxygen atoms in total. The first kappa shape index (κ1) is 30.8. The number of aryl methyl sites for hydroxylation is 1. The van der Waals surface area contributed by atoms with Crippen molar-refractivity contribution in [1.29, 1.82) is 0 Å². The number of hydrogen-bond acceptors (Lipinski definition) is 6. The van der Waals surface area contributed by atoms with Gasteiger partial charge in [-0.1, -0.05) is 26.8 Å². The van der Waals surface area contributed by atoms with Gasteiger partial charge in [-0.05, 0) is 122 Å². The van der Waals surface area contributed by atoms with Gasteiger partial charge in [0.2, 0.25) is 0 Å². The maximum atomic E-state index is 15.4. The van der Waals surface area contributed by atoms with Crippen LogP contribution in [0.3, 0.4) is 0 Å². The molecule has 0 unspecified atom stereocenters. The quantitative estimate of drug-likeness (QED) is 0.244. The monoisotopic (exact) mass is 639 g/mol. The van der Waals surface area contributed by atoms with Gasteiger partial charge >= 0.3 is 0 Å². The van der Waals surface area contributed by atoms with Crippen LogP contribution in [0, 0.1) is 11.2 Å². The van der Waals surface area contributed by atoms with Crippen LogP contribution in [0.4, 0.5) is 21.6 Å². The van der Waals surface area contributed by atoms with Crippen LogP contribution in [0.25, 0.3) is 11.1 Å². The summed E-state index contributed by atoms with van der Waals surface area (Å²) in [5, 5.41) is 3.22. The van der Waals surface area contributed by atoms with Crippen molar-refractivity contribution in [3.05, 3.63) is 90.9 Å². The van der Waals surface area contributed by atoms with Crippen LogP contribution >= 0.6 is 11.3 Å². The Kier molecular flexibility index (Phi) is 7.88. The van der Waals surface area contributed by atoms with Crippen LogP contribution in [0.2, 0.25) is 0 Å². The van der Waals surface area contributed by atoms with Crippen LogP contribution in [0.5, 0.6) is 0 Å². The van der Waals surface area contributed by atoms with E-state index in [1.165, 1.54) is 38.3 Å². The lowest BCUT2D eigenvalue weighted by atomic mass is 9.89. The number of amides is 1. The molecule has 0 saturated carbocycles. The molecule has 1 amide bonds. The van der Waals surface area contributed by atoms with Crippen molar-refractivity contribution in [3.8, 4) is 11.1 Å². The summed E-state index contributed by atoms with van der Waals surface area (Å²) in [6.07, 6.45) is 9.25. The van der Waals surface area contributed by atoms with E-state index in [1.54, 1.807) is 35.5 Å². The minimum Gasteiger partial charge on any atom is -0.336 e. The first-order valence-corrected chi connectivity index (χ1v) is 17.2. The summed E-state index contributed by atoms with van der Waals surface area (Å²) >= 11 is 1.63. The number of carbonyl (C=O) groups excluding carboxylic acids is 1. The van der Waals surface area contributed by atoms with E-state index in [-0.39, 0.29) is 16.9 Å². The van der Waals surface area contributed by atoms with Crippen molar-refractivity contribution >= 4 is 34.4 Å². The van der Waals surface area contributed by atoms with Gasteiger partial charge in [-0.2, -0.15) is 0 Å². The first-order valence-electron chi connectivity index (χ1n) is 16.4. The van der Waals surface area contributed by atoms with Crippen LogP contribution in [0.15, 0.2) is 47.5 Å². The lowest BCUT2D eigenvalue weighted by molar-refractivity contribution is 0.0984. The fourth-order valence-electron chi connectivity index (χ4n) is 7.63. The molecule has 1 saturated heterocycles. The number of piperidine rings is 1. The number of anilines is 3. The summed E-state index contributed by atoms with van der Waals surface area (Å²) in [5.74, 6) is 0.630. The minimum atomic E-state index is -0.411. The number of hydrogen-bond donors (Lipinski definition) is 1. The maximum absolute atomic E-state index is 15.4. The Hall–Kier alpha value is -3.82. The van der Waals surface area contributed by atoms with Crippen LogP contribution < -0.4 is 15.8 Å². The topological polar surface area (TPSA) is 70.5 Å². The van der Waals surface area contributed by atoms with Gasteiger partial charge in [0.25, 0.3) is 11.5 Å². The number of likely N-dealkylation sites (tertiary alicyclic amines) is 1. The number of benzene rings is 1. The molecule has 9 heteroatoms. The zero-order chi connectivity index (χ0) is 32.3. The Morgan fingerprint density at radius 3 is 2.54 bits per heavy atom. The summed E-state index contributed by atoms with van der Waals surface area (Å²) in [6, 6.07) is 8.80. The molecule has 1 N–H and O–H groups in total. The van der Waals surface area contributed by atoms with E-state index >= 15 is 4.39 Å². The molecule has 2 aliphatic heterocycles. The third kappa shape index (κ3) is 5.58. The molecular formula is C37H42FN5O2S. The number of nitrogens with zero attached hydrogens (tertiary/aromatic N) is 4. The highest BCUT2D eigenvalue weighted by Gasteiger charge is 2.38. The molecule has 46 heavy (non-hydrogen) atoms. The number of fused-ring (bicyclic) bond motifs is 3. The van der Waals surface area contributed by atoms with E-state index < -0.39 is 5.82 Å². The molecule has 240 valence electrons. The van der Waals surface area contributed by atoms with Crippen LogP contribution in [-0.2, 0) is 32.7 Å². The molecule has 0 spiro atoms. The molecule has 0 radical (unpaired) electrons. The highest BCUT2D eigenvalue weighted by Crippen LogP contribution is 2.46. The van der Waals surface area contributed by atoms with Gasteiger partial charge in [-0.3, -0.25) is 9.59 Å². The zero-order valence-electron chi connectivity index (χ0n) is 27.4. The number of rotatable bonds is 6. The third-order valence-corrected chi connectivity index (χ3v) is 11.4. The molecule has 7 rings (SSSR count). The maximum Gasteiger partial charge on any atom is 0.274 e. The second kappa shape index (κ2) is 11.8. The first-order chi connectivity index (χ1) is 22.0. The molecular weight excluding hydrogens is 598 g/mol. The van der Waals surface area contributed by atoms with Gasteiger partial charge in [0.05, 0.1) is 10.6 Å². The molecule has 1 aliphatic carbocycles. The Morgan fingerprint density at radius 2 is 1.83 bits per heavy atom. The highest BCUT2D eigenvalue weighted by atomic mass is 32.1. The second-order valence-corrected chi connectivity index (χ2v) is 15.2. The Labute approximate surface area is 274 Å². The minimum absolute atomic E-state index is 0.0395. The van der Waals surface area contributed by atoms with Crippen LogP contribution in [0.1, 0.15) is 76.3 Å². The molecule has 4 aromatic rings. The van der Waals surface area contributed by atoms with Gasteiger partial charge in [0.1, 0.15) is 17.3 Å². The number of carbonyl (C=O) groups is 1. The van der Waals surface area contributed by atoms with E-state index in [4.69, 9.17) is 0 Å². The van der Waals surface area contributed by atoms with Gasteiger partial charge in [0.15, 0.2) is 0 Å². The highest BCUT2D eigenvalue weighted by molar-refractivity contribution is 7.14. The predicted molar refractivity (Wildman–Crippen MR) is 184 cm³/mol. The molecule has 0 atom stereocenters. The van der Waals surface area contributed by atoms with Crippen molar-refractivity contribution in [2.24, 2.45) is 12.5 Å². The summed E-state index contributed by atoms with van der Waals surface area (Å²) in [5.41, 5.74) is 7.05. The summed E-state index contributed by atoms with van der Waals surface area (Å²) in [7, 11) is 3.86. The van der Waals surface area contributed by atoms with Crippen molar-refractivity contribution in [2.45, 2.75) is 65.2 Å². The zero-order valence-corrected chi connectivity index (χ0v) is 28.2. The van der Waals surface area contributed by atoms with Gasteiger partial charge in [-0.25, -0.2) is 9.37 Å². The number of thiophene rings is 1. The lowest BCUT2D eigenvalue weighted by Crippen LogP contribution is -2.38. The van der Waals surface area contributed by atoms with Gasteiger partial charge in [-0.15, -0.1) is 11.3 Å². The second-order valence-electron chi connectivity index (χ2n) is 14.1. The smallest absolute Gasteiger partial charge is 0.274 e. The van der Waals surface area contributed by atoms with Crippen LogP contribution in [-0.4, -0.2) is 47.0 Å². The predicted octanol–water partition coefficient (Wildman–Crippen LogP) is 7.09. The van der Waals surface area contributed by atoms with E-state index in [1.807, 2.05) is 19.2 Å². The van der Waals surface area contributed by atoms with Crippen molar-refractivity contribution in [2.75, 3.05) is 36.9 Å². The van der Waals surface area contributed by atoms with Crippen molar-refractivity contribution in [1.82, 2.24) is 14.5 Å². The number of pyridine rings is 2. The largest absolute Gasteiger partial charge is 0.336 e. The molecule has 5 heterocycles. The Morgan fingerprint density at radius 1 is 1.04 bits per heavy atom. The normalized spacial score (nSPS) is 18.1. The number of halogens is 1. The average Bonchev–Trinajstić information content (AvgIpc) is 3.52. The van der Waals surface area contributed by atoms with Gasteiger partial charge < -0.3 is 19.7 Å². The number of nitrogens with one attached hydrogen (secondary N) is 1. The standard InChI is InChI=1S/C37H42FN5O2S/c1-6-26-28(16-25(38)17-31(26)43-14-11-27-29-18-37(2,3)19-32(29)46-34(27)36(43)45)24-15-30(35(44)42(5)21-24)40-33-8-7-23(20-39-33)22-9-12-41(4)13-10-22/h7-8,15-17,20-22H,6,9-14,18-19H2,1-5H3,(H,39,40). The summed E-state index contributed by atoms with van der Waals surface area (Å²) in [4.78, 5) is 38.1. The fourth-order valence-corrected chi connectivity index (χ4v) is 9.21. The van der Waals surface area contributed by atoms with Crippen molar-refractivity contribution < 1.29 is 9.18 Å². The molecule has 0 bridgehead atoms.